The highest BCUT2D eigenvalue weighted by Gasteiger charge is 1.90. The van der Waals surface area contributed by atoms with Crippen molar-refractivity contribution in [3.8, 4) is 0 Å². The minimum absolute atomic E-state index is 0.610. The first-order chi connectivity index (χ1) is 5.36. The molecule has 0 saturated carbocycles. The summed E-state index contributed by atoms with van der Waals surface area (Å²) in [6.45, 7) is 3.64. The molecule has 0 aromatic heterocycles. The maximum absolute atomic E-state index is 5.49. The van der Waals surface area contributed by atoms with Crippen molar-refractivity contribution in [1.29, 1.82) is 0 Å². The van der Waals surface area contributed by atoms with Crippen molar-refractivity contribution in [2.45, 2.75) is 13.5 Å². The largest absolute Gasteiger partial charge is 0.385 e. The molecule has 0 unspecified atom stereocenters. The minimum Gasteiger partial charge on any atom is -0.385 e. The maximum Gasteiger partial charge on any atom is 0.0343 e. The molecule has 3 N–H and O–H groups in total. The zero-order chi connectivity index (χ0) is 8.10. The number of hydrogen-bond acceptors (Lipinski definition) is 2. The number of nitrogens with one attached hydrogen (secondary N) is 1. The first-order valence-electron chi connectivity index (χ1n) is 3.89. The molecule has 0 bridgehead atoms. The van der Waals surface area contributed by atoms with Crippen LogP contribution in [0.2, 0.25) is 0 Å². The highest BCUT2D eigenvalue weighted by atomic mass is 14.8. The van der Waals surface area contributed by atoms with Crippen molar-refractivity contribution in [2.75, 3.05) is 11.9 Å². The van der Waals surface area contributed by atoms with Crippen LogP contribution in [0.1, 0.15) is 12.5 Å². The van der Waals surface area contributed by atoms with Crippen molar-refractivity contribution < 1.29 is 0 Å². The molecule has 0 atom stereocenters. The summed E-state index contributed by atoms with van der Waals surface area (Å²) in [5, 5.41) is 3.23. The molecule has 0 aliphatic carbocycles. The fourth-order valence-corrected chi connectivity index (χ4v) is 1.01. The molecule has 0 aliphatic rings. The summed E-state index contributed by atoms with van der Waals surface area (Å²) in [6.07, 6.45) is 0. The molecule has 11 heavy (non-hydrogen) atoms. The van der Waals surface area contributed by atoms with E-state index in [1.807, 2.05) is 18.2 Å². The molecule has 1 aromatic carbocycles. The Morgan fingerprint density at radius 3 is 2.91 bits per heavy atom. The standard InChI is InChI=1S/C9H14N2/c1-2-11-9-5-3-4-8(6-9)7-10/h3-6,11H,2,7,10H2,1H3. The molecule has 1 rings (SSSR count). The van der Waals surface area contributed by atoms with Crippen LogP contribution >= 0.6 is 0 Å². The second kappa shape index (κ2) is 3.98. The third-order valence-corrected chi connectivity index (χ3v) is 1.54. The average Bonchev–Trinajstić information content (AvgIpc) is 2.06. The normalized spacial score (nSPS) is 9.64. The molecule has 0 radical (unpaired) electrons. The third kappa shape index (κ3) is 2.24. The van der Waals surface area contributed by atoms with Crippen LogP contribution in [0.3, 0.4) is 0 Å². The van der Waals surface area contributed by atoms with Gasteiger partial charge < -0.3 is 11.1 Å². The second-order valence-corrected chi connectivity index (χ2v) is 2.43. The SMILES string of the molecule is CCNc1cccc(CN)c1. The zero-order valence-electron chi connectivity index (χ0n) is 6.80. The fraction of sp³-hybridized carbons (Fsp3) is 0.333. The summed E-state index contributed by atoms with van der Waals surface area (Å²) in [5.74, 6) is 0. The van der Waals surface area contributed by atoms with Gasteiger partial charge in [0.05, 0.1) is 0 Å². The Morgan fingerprint density at radius 2 is 2.27 bits per heavy atom. The molecule has 0 heterocycles. The van der Waals surface area contributed by atoms with Gasteiger partial charge in [-0.2, -0.15) is 0 Å². The summed E-state index contributed by atoms with van der Waals surface area (Å²) >= 11 is 0. The van der Waals surface area contributed by atoms with Crippen molar-refractivity contribution >= 4 is 5.69 Å². The average molecular weight is 150 g/mol. The van der Waals surface area contributed by atoms with Crippen LogP contribution < -0.4 is 11.1 Å². The lowest BCUT2D eigenvalue weighted by atomic mass is 10.2. The molecule has 0 fully saturated rings. The monoisotopic (exact) mass is 150 g/mol. The molecule has 0 saturated heterocycles. The lowest BCUT2D eigenvalue weighted by Crippen LogP contribution is -1.99. The van der Waals surface area contributed by atoms with E-state index in [9.17, 15) is 0 Å². The molecule has 60 valence electrons. The van der Waals surface area contributed by atoms with Gasteiger partial charge in [0.15, 0.2) is 0 Å². The van der Waals surface area contributed by atoms with Gasteiger partial charge in [0.2, 0.25) is 0 Å². The molecule has 2 heteroatoms. The van der Waals surface area contributed by atoms with Gasteiger partial charge in [-0.3, -0.25) is 0 Å². The lowest BCUT2D eigenvalue weighted by molar-refractivity contribution is 1.07. The first-order valence-corrected chi connectivity index (χ1v) is 3.89. The summed E-state index contributed by atoms with van der Waals surface area (Å²) in [6, 6.07) is 8.16. The van der Waals surface area contributed by atoms with Crippen LogP contribution in [0.5, 0.6) is 0 Å². The van der Waals surface area contributed by atoms with Crippen molar-refractivity contribution in [3.05, 3.63) is 29.8 Å². The zero-order valence-corrected chi connectivity index (χ0v) is 6.80. The van der Waals surface area contributed by atoms with E-state index in [0.29, 0.717) is 6.54 Å². The van der Waals surface area contributed by atoms with E-state index in [0.717, 1.165) is 12.2 Å². The van der Waals surface area contributed by atoms with Crippen LogP contribution in [0, 0.1) is 0 Å². The van der Waals surface area contributed by atoms with Gasteiger partial charge in [-0.1, -0.05) is 12.1 Å². The van der Waals surface area contributed by atoms with E-state index >= 15 is 0 Å². The number of hydrogen-bond donors (Lipinski definition) is 2. The van der Waals surface area contributed by atoms with Crippen LogP contribution in [0.15, 0.2) is 24.3 Å². The van der Waals surface area contributed by atoms with Crippen LogP contribution in [-0.4, -0.2) is 6.54 Å². The van der Waals surface area contributed by atoms with E-state index in [1.54, 1.807) is 0 Å². The minimum atomic E-state index is 0.610. The summed E-state index contributed by atoms with van der Waals surface area (Å²) in [5.41, 5.74) is 7.81. The van der Waals surface area contributed by atoms with Gasteiger partial charge >= 0.3 is 0 Å². The van der Waals surface area contributed by atoms with Gasteiger partial charge in [0.1, 0.15) is 0 Å². The number of benzene rings is 1. The molecule has 2 nitrogen and oxygen atoms in total. The number of rotatable bonds is 3. The Morgan fingerprint density at radius 1 is 1.45 bits per heavy atom. The number of nitrogens with two attached hydrogens (primary N) is 1. The van der Waals surface area contributed by atoms with Gasteiger partial charge in [-0.15, -0.1) is 0 Å². The Kier molecular flexibility index (Phi) is 2.93. The van der Waals surface area contributed by atoms with Crippen LogP contribution in [0.25, 0.3) is 0 Å². The van der Waals surface area contributed by atoms with Crippen LogP contribution in [0.4, 0.5) is 5.69 Å². The maximum atomic E-state index is 5.49. The van der Waals surface area contributed by atoms with E-state index in [-0.39, 0.29) is 0 Å². The molecule has 0 spiro atoms. The topological polar surface area (TPSA) is 38.0 Å². The molecular formula is C9H14N2. The van der Waals surface area contributed by atoms with Crippen LogP contribution in [-0.2, 0) is 6.54 Å². The van der Waals surface area contributed by atoms with Gasteiger partial charge in [-0.05, 0) is 24.6 Å². The molecule has 1 aromatic rings. The Bertz CT molecular complexity index is 221. The Hall–Kier alpha value is -1.02. The fourth-order valence-electron chi connectivity index (χ4n) is 1.01. The highest BCUT2D eigenvalue weighted by molar-refractivity contribution is 5.45. The van der Waals surface area contributed by atoms with Gasteiger partial charge in [-0.25, -0.2) is 0 Å². The van der Waals surface area contributed by atoms with Crippen molar-refractivity contribution in [1.82, 2.24) is 0 Å². The predicted molar refractivity (Wildman–Crippen MR) is 48.5 cm³/mol. The van der Waals surface area contributed by atoms with Gasteiger partial charge in [0, 0.05) is 18.8 Å². The third-order valence-electron chi connectivity index (χ3n) is 1.54. The first kappa shape index (κ1) is 8.08. The van der Waals surface area contributed by atoms with Crippen molar-refractivity contribution in [3.63, 3.8) is 0 Å². The second-order valence-electron chi connectivity index (χ2n) is 2.43. The quantitative estimate of drug-likeness (QED) is 0.686. The smallest absolute Gasteiger partial charge is 0.0343 e. The summed E-state index contributed by atoms with van der Waals surface area (Å²) in [4.78, 5) is 0. The van der Waals surface area contributed by atoms with Crippen molar-refractivity contribution in [2.24, 2.45) is 5.73 Å². The summed E-state index contributed by atoms with van der Waals surface area (Å²) in [7, 11) is 0. The van der Waals surface area contributed by atoms with E-state index in [4.69, 9.17) is 5.73 Å². The highest BCUT2D eigenvalue weighted by Crippen LogP contribution is 2.08. The van der Waals surface area contributed by atoms with Gasteiger partial charge in [0.25, 0.3) is 0 Å². The lowest BCUT2D eigenvalue weighted by Gasteiger charge is -2.03. The van der Waals surface area contributed by atoms with E-state index in [2.05, 4.69) is 18.3 Å². The van der Waals surface area contributed by atoms with E-state index in [1.165, 1.54) is 5.56 Å². The van der Waals surface area contributed by atoms with E-state index < -0.39 is 0 Å². The molecule has 0 aliphatic heterocycles. The molecule has 0 amide bonds. The summed E-state index contributed by atoms with van der Waals surface area (Å²) < 4.78 is 0. The Balaban J connectivity index is 2.74. The Labute approximate surface area is 67.4 Å². The molecular weight excluding hydrogens is 136 g/mol. The number of anilines is 1. The predicted octanol–water partition coefficient (Wildman–Crippen LogP) is 1.58.